The first kappa shape index (κ1) is 19.0. The first-order valence-electron chi connectivity index (χ1n) is 7.92. The zero-order valence-electron chi connectivity index (χ0n) is 14.9. The van der Waals surface area contributed by atoms with E-state index in [0.29, 0.717) is 17.1 Å². The predicted molar refractivity (Wildman–Crippen MR) is 98.8 cm³/mol. The lowest BCUT2D eigenvalue weighted by Crippen LogP contribution is -2.34. The molecule has 2 aromatic rings. The smallest absolute Gasteiger partial charge is 0.259 e. The molecule has 0 radical (unpaired) electrons. The van der Waals surface area contributed by atoms with Gasteiger partial charge in [0.2, 0.25) is 0 Å². The zero-order chi connectivity index (χ0) is 18.9. The summed E-state index contributed by atoms with van der Waals surface area (Å²) in [6.45, 7) is 1.77. The van der Waals surface area contributed by atoms with Crippen molar-refractivity contribution in [1.82, 2.24) is 10.7 Å². The van der Waals surface area contributed by atoms with Crippen molar-refractivity contribution >= 4 is 18.0 Å². The van der Waals surface area contributed by atoms with Gasteiger partial charge in [0, 0.05) is 5.56 Å². The first-order chi connectivity index (χ1) is 12.5. The molecule has 0 saturated carbocycles. The van der Waals surface area contributed by atoms with Gasteiger partial charge in [-0.1, -0.05) is 17.7 Å². The van der Waals surface area contributed by atoms with E-state index < -0.39 is 5.91 Å². The van der Waals surface area contributed by atoms with Crippen LogP contribution in [-0.4, -0.2) is 38.8 Å². The maximum absolute atomic E-state index is 11.9. The van der Waals surface area contributed by atoms with E-state index in [1.165, 1.54) is 13.3 Å². The molecule has 7 nitrogen and oxygen atoms in total. The SMILES string of the molecule is COc1ccc(C=NNC(=O)CNC(=O)c2ccc(C)cc2)cc1OC. The minimum atomic E-state index is -0.429. The van der Waals surface area contributed by atoms with Crippen LogP contribution in [0.2, 0.25) is 0 Å². The molecule has 2 aromatic carbocycles. The van der Waals surface area contributed by atoms with Crippen molar-refractivity contribution in [2.24, 2.45) is 5.10 Å². The lowest BCUT2D eigenvalue weighted by atomic mass is 10.1. The Labute approximate surface area is 152 Å². The summed E-state index contributed by atoms with van der Waals surface area (Å²) in [5.74, 6) is 0.423. The normalized spacial score (nSPS) is 10.4. The third-order valence-corrected chi connectivity index (χ3v) is 3.53. The molecule has 0 heterocycles. The van der Waals surface area contributed by atoms with Gasteiger partial charge in [0.1, 0.15) is 0 Å². The Morgan fingerprint density at radius 2 is 1.73 bits per heavy atom. The molecule has 26 heavy (non-hydrogen) atoms. The van der Waals surface area contributed by atoms with E-state index >= 15 is 0 Å². The van der Waals surface area contributed by atoms with Crippen molar-refractivity contribution in [3.63, 3.8) is 0 Å². The highest BCUT2D eigenvalue weighted by Gasteiger charge is 2.07. The quantitative estimate of drug-likeness (QED) is 0.586. The average molecular weight is 355 g/mol. The maximum atomic E-state index is 11.9. The number of hydrazone groups is 1. The lowest BCUT2D eigenvalue weighted by Gasteiger charge is -2.07. The van der Waals surface area contributed by atoms with Gasteiger partial charge in [0.25, 0.3) is 11.8 Å². The molecule has 0 atom stereocenters. The van der Waals surface area contributed by atoms with Gasteiger partial charge in [-0.3, -0.25) is 9.59 Å². The average Bonchev–Trinajstić information content (AvgIpc) is 2.66. The number of rotatable bonds is 7. The highest BCUT2D eigenvalue weighted by atomic mass is 16.5. The van der Waals surface area contributed by atoms with Crippen LogP contribution in [0.4, 0.5) is 0 Å². The van der Waals surface area contributed by atoms with E-state index in [9.17, 15) is 9.59 Å². The second-order valence-electron chi connectivity index (χ2n) is 5.46. The molecule has 0 bridgehead atoms. The fraction of sp³-hybridized carbons (Fsp3) is 0.211. The van der Waals surface area contributed by atoms with Crippen molar-refractivity contribution < 1.29 is 19.1 Å². The van der Waals surface area contributed by atoms with E-state index in [4.69, 9.17) is 9.47 Å². The number of carbonyl (C=O) groups is 2. The Balaban J connectivity index is 1.83. The van der Waals surface area contributed by atoms with Crippen LogP contribution < -0.4 is 20.2 Å². The maximum Gasteiger partial charge on any atom is 0.259 e. The van der Waals surface area contributed by atoms with Crippen molar-refractivity contribution in [1.29, 1.82) is 0 Å². The number of ether oxygens (including phenoxy) is 2. The number of aryl methyl sites for hydroxylation is 1. The predicted octanol–water partition coefficient (Wildman–Crippen LogP) is 1.89. The monoisotopic (exact) mass is 355 g/mol. The highest BCUT2D eigenvalue weighted by Crippen LogP contribution is 2.26. The van der Waals surface area contributed by atoms with Crippen LogP contribution in [0.3, 0.4) is 0 Å². The van der Waals surface area contributed by atoms with Crippen LogP contribution in [0.5, 0.6) is 11.5 Å². The number of benzene rings is 2. The largest absolute Gasteiger partial charge is 0.493 e. The highest BCUT2D eigenvalue weighted by molar-refractivity contribution is 5.96. The van der Waals surface area contributed by atoms with E-state index in [0.717, 1.165) is 11.1 Å². The Kier molecular flexibility index (Phi) is 6.73. The summed E-state index contributed by atoms with van der Waals surface area (Å²) in [5.41, 5.74) is 4.64. The van der Waals surface area contributed by atoms with Crippen LogP contribution in [0.25, 0.3) is 0 Å². The molecule has 2 rings (SSSR count). The number of hydrogen-bond acceptors (Lipinski definition) is 5. The molecule has 7 heteroatoms. The Morgan fingerprint density at radius 3 is 2.38 bits per heavy atom. The second kappa shape index (κ2) is 9.22. The minimum absolute atomic E-state index is 0.171. The lowest BCUT2D eigenvalue weighted by molar-refractivity contribution is -0.120. The number of amides is 2. The van der Waals surface area contributed by atoms with Crippen LogP contribution in [0, 0.1) is 6.92 Å². The topological polar surface area (TPSA) is 89.0 Å². The van der Waals surface area contributed by atoms with E-state index in [1.54, 1.807) is 37.4 Å². The van der Waals surface area contributed by atoms with Crippen LogP contribution in [0.15, 0.2) is 47.6 Å². The summed E-state index contributed by atoms with van der Waals surface area (Å²) in [6.07, 6.45) is 1.47. The number of nitrogens with one attached hydrogen (secondary N) is 2. The van der Waals surface area contributed by atoms with Gasteiger partial charge in [0.05, 0.1) is 27.0 Å². The molecule has 2 amide bonds. The van der Waals surface area contributed by atoms with Crippen molar-refractivity contribution in [3.8, 4) is 11.5 Å². The summed E-state index contributed by atoms with van der Waals surface area (Å²) >= 11 is 0. The van der Waals surface area contributed by atoms with Gasteiger partial charge in [0.15, 0.2) is 11.5 Å². The number of carbonyl (C=O) groups excluding carboxylic acids is 2. The molecule has 0 saturated heterocycles. The van der Waals surface area contributed by atoms with Crippen molar-refractivity contribution in [2.75, 3.05) is 20.8 Å². The van der Waals surface area contributed by atoms with E-state index in [2.05, 4.69) is 15.8 Å². The fourth-order valence-corrected chi connectivity index (χ4v) is 2.12. The number of nitrogens with zero attached hydrogens (tertiary/aromatic N) is 1. The standard InChI is InChI=1S/C19H21N3O4/c1-13-4-7-15(8-5-13)19(24)20-12-18(23)22-21-11-14-6-9-16(25-2)17(10-14)26-3/h4-11H,12H2,1-3H3,(H,20,24)(H,22,23). The summed E-state index contributed by atoms with van der Waals surface area (Å²) in [7, 11) is 3.09. The second-order valence-corrected chi connectivity index (χ2v) is 5.46. The van der Waals surface area contributed by atoms with Gasteiger partial charge in [-0.2, -0.15) is 5.10 Å². The third kappa shape index (κ3) is 5.34. The molecule has 0 fully saturated rings. The molecule has 0 aliphatic carbocycles. The third-order valence-electron chi connectivity index (χ3n) is 3.53. The molecular weight excluding hydrogens is 334 g/mol. The van der Waals surface area contributed by atoms with E-state index in [-0.39, 0.29) is 12.5 Å². The first-order valence-corrected chi connectivity index (χ1v) is 7.92. The molecule has 2 N–H and O–H groups in total. The minimum Gasteiger partial charge on any atom is -0.493 e. The Hall–Kier alpha value is -3.35. The summed E-state index contributed by atoms with van der Waals surface area (Å²) in [5, 5.41) is 6.40. The Bertz CT molecular complexity index is 801. The number of methoxy groups -OCH3 is 2. The zero-order valence-corrected chi connectivity index (χ0v) is 14.9. The van der Waals surface area contributed by atoms with E-state index in [1.807, 2.05) is 19.1 Å². The number of hydrogen-bond donors (Lipinski definition) is 2. The summed E-state index contributed by atoms with van der Waals surface area (Å²) in [4.78, 5) is 23.7. The molecule has 0 aliphatic rings. The van der Waals surface area contributed by atoms with Crippen LogP contribution >= 0.6 is 0 Å². The molecule has 0 aromatic heterocycles. The molecule has 0 spiro atoms. The summed E-state index contributed by atoms with van der Waals surface area (Å²) < 4.78 is 10.3. The molecule has 0 aliphatic heterocycles. The van der Waals surface area contributed by atoms with Gasteiger partial charge < -0.3 is 14.8 Å². The van der Waals surface area contributed by atoms with Gasteiger partial charge >= 0.3 is 0 Å². The Morgan fingerprint density at radius 1 is 1.04 bits per heavy atom. The van der Waals surface area contributed by atoms with Crippen LogP contribution in [-0.2, 0) is 4.79 Å². The molecular formula is C19H21N3O4. The molecule has 0 unspecified atom stereocenters. The van der Waals surface area contributed by atoms with Crippen LogP contribution in [0.1, 0.15) is 21.5 Å². The van der Waals surface area contributed by atoms with Gasteiger partial charge in [-0.15, -0.1) is 0 Å². The molecule has 136 valence electrons. The van der Waals surface area contributed by atoms with Gasteiger partial charge in [-0.05, 0) is 42.8 Å². The summed E-state index contributed by atoms with van der Waals surface area (Å²) in [6, 6.07) is 12.3. The fourth-order valence-electron chi connectivity index (χ4n) is 2.12. The van der Waals surface area contributed by atoms with Gasteiger partial charge in [-0.25, -0.2) is 5.43 Å². The van der Waals surface area contributed by atoms with Crippen molar-refractivity contribution in [3.05, 3.63) is 59.2 Å². The van der Waals surface area contributed by atoms with Crippen molar-refractivity contribution in [2.45, 2.75) is 6.92 Å².